The van der Waals surface area contributed by atoms with Gasteiger partial charge in [-0.3, -0.25) is 4.79 Å². The van der Waals surface area contributed by atoms with Gasteiger partial charge in [0.05, 0.1) is 22.6 Å². The lowest BCUT2D eigenvalue weighted by atomic mass is 9.95. The number of benzene rings is 1. The van der Waals surface area contributed by atoms with Crippen molar-refractivity contribution < 1.29 is 14.3 Å². The first-order valence-corrected chi connectivity index (χ1v) is 5.79. The van der Waals surface area contributed by atoms with Crippen molar-refractivity contribution in [1.29, 1.82) is 0 Å². The van der Waals surface area contributed by atoms with Gasteiger partial charge in [0.25, 0.3) is 0 Å². The average molecular weight is 277 g/mol. The standard InChI is InChI=1S/C12H14Cl2O3/c1-12(2,11(15)16-3)7-17-10-8(13)5-4-6-9(10)14/h4-6H,7H2,1-3H3. The Morgan fingerprint density at radius 1 is 1.29 bits per heavy atom. The van der Waals surface area contributed by atoms with Crippen LogP contribution >= 0.6 is 23.2 Å². The quantitative estimate of drug-likeness (QED) is 0.789. The summed E-state index contributed by atoms with van der Waals surface area (Å²) in [5.41, 5.74) is -0.753. The zero-order chi connectivity index (χ0) is 13.1. The molecule has 17 heavy (non-hydrogen) atoms. The van der Waals surface area contributed by atoms with E-state index in [1.165, 1.54) is 7.11 Å². The second-order valence-electron chi connectivity index (χ2n) is 4.21. The Morgan fingerprint density at radius 2 is 1.82 bits per heavy atom. The lowest BCUT2D eigenvalue weighted by Gasteiger charge is -2.22. The normalized spacial score (nSPS) is 11.1. The Labute approximate surface area is 111 Å². The van der Waals surface area contributed by atoms with Crippen molar-refractivity contribution in [3.63, 3.8) is 0 Å². The maximum atomic E-state index is 11.5. The van der Waals surface area contributed by atoms with E-state index < -0.39 is 5.41 Å². The van der Waals surface area contributed by atoms with E-state index in [9.17, 15) is 4.79 Å². The second kappa shape index (κ2) is 5.61. The molecule has 0 aromatic heterocycles. The largest absolute Gasteiger partial charge is 0.489 e. The van der Waals surface area contributed by atoms with E-state index in [2.05, 4.69) is 4.74 Å². The summed E-state index contributed by atoms with van der Waals surface area (Å²) >= 11 is 11.9. The molecule has 0 aliphatic rings. The molecule has 0 amide bonds. The Hall–Kier alpha value is -0.930. The lowest BCUT2D eigenvalue weighted by Crippen LogP contribution is -2.32. The molecule has 94 valence electrons. The molecule has 0 fully saturated rings. The third-order valence-electron chi connectivity index (χ3n) is 2.23. The van der Waals surface area contributed by atoms with Crippen molar-refractivity contribution in [2.45, 2.75) is 13.8 Å². The average Bonchev–Trinajstić information content (AvgIpc) is 2.27. The molecule has 0 saturated carbocycles. The second-order valence-corrected chi connectivity index (χ2v) is 5.03. The highest BCUT2D eigenvalue weighted by Gasteiger charge is 2.30. The van der Waals surface area contributed by atoms with E-state index in [1.807, 2.05) is 0 Å². The predicted molar refractivity (Wildman–Crippen MR) is 67.8 cm³/mol. The van der Waals surface area contributed by atoms with Crippen LogP contribution < -0.4 is 4.74 Å². The molecular formula is C12H14Cl2O3. The third kappa shape index (κ3) is 3.51. The van der Waals surface area contributed by atoms with Crippen molar-refractivity contribution >= 4 is 29.2 Å². The van der Waals surface area contributed by atoms with Gasteiger partial charge in [-0.05, 0) is 26.0 Å². The van der Waals surface area contributed by atoms with E-state index in [0.717, 1.165) is 0 Å². The van der Waals surface area contributed by atoms with Crippen molar-refractivity contribution in [2.24, 2.45) is 5.41 Å². The molecule has 0 bridgehead atoms. The van der Waals surface area contributed by atoms with E-state index in [0.29, 0.717) is 15.8 Å². The summed E-state index contributed by atoms with van der Waals surface area (Å²) in [4.78, 5) is 11.5. The minimum Gasteiger partial charge on any atom is -0.489 e. The minimum atomic E-state index is -0.753. The van der Waals surface area contributed by atoms with E-state index >= 15 is 0 Å². The Balaban J connectivity index is 2.77. The topological polar surface area (TPSA) is 35.5 Å². The first kappa shape index (κ1) is 14.1. The number of esters is 1. The molecule has 0 heterocycles. The molecule has 0 unspecified atom stereocenters. The van der Waals surface area contributed by atoms with Crippen LogP contribution in [0.25, 0.3) is 0 Å². The Kier molecular flexibility index (Phi) is 4.66. The molecule has 1 aromatic carbocycles. The first-order valence-electron chi connectivity index (χ1n) is 5.03. The van der Waals surface area contributed by atoms with Gasteiger partial charge >= 0.3 is 5.97 Å². The van der Waals surface area contributed by atoms with Gasteiger partial charge in [-0.1, -0.05) is 29.3 Å². The van der Waals surface area contributed by atoms with Crippen LogP contribution in [0.3, 0.4) is 0 Å². The number of carbonyl (C=O) groups is 1. The maximum Gasteiger partial charge on any atom is 0.314 e. The van der Waals surface area contributed by atoms with Gasteiger partial charge in [0.15, 0.2) is 5.75 Å². The fourth-order valence-electron chi connectivity index (χ4n) is 1.21. The molecule has 1 aromatic rings. The molecule has 0 saturated heterocycles. The zero-order valence-corrected chi connectivity index (χ0v) is 11.4. The molecule has 0 spiro atoms. The van der Waals surface area contributed by atoms with Gasteiger partial charge in [-0.2, -0.15) is 0 Å². The molecule has 1 rings (SSSR count). The van der Waals surface area contributed by atoms with Crippen LogP contribution in [-0.2, 0) is 9.53 Å². The Bertz CT molecular complexity index is 396. The van der Waals surface area contributed by atoms with Crippen LogP contribution in [0.2, 0.25) is 10.0 Å². The molecule has 0 radical (unpaired) electrons. The van der Waals surface area contributed by atoms with Crippen LogP contribution in [0.4, 0.5) is 0 Å². The monoisotopic (exact) mass is 276 g/mol. The van der Waals surface area contributed by atoms with E-state index in [1.54, 1.807) is 32.0 Å². The number of hydrogen-bond acceptors (Lipinski definition) is 3. The van der Waals surface area contributed by atoms with Crippen LogP contribution in [0.5, 0.6) is 5.75 Å². The van der Waals surface area contributed by atoms with Crippen LogP contribution in [0.1, 0.15) is 13.8 Å². The minimum absolute atomic E-state index is 0.142. The van der Waals surface area contributed by atoms with Crippen molar-refractivity contribution in [3.05, 3.63) is 28.2 Å². The number of halogens is 2. The Morgan fingerprint density at radius 3 is 2.29 bits per heavy atom. The summed E-state index contributed by atoms with van der Waals surface area (Å²) in [5.74, 6) is 0.0356. The van der Waals surface area contributed by atoms with Crippen molar-refractivity contribution in [3.8, 4) is 5.75 Å². The van der Waals surface area contributed by atoms with E-state index in [-0.39, 0.29) is 12.6 Å². The van der Waals surface area contributed by atoms with Gasteiger partial charge in [-0.15, -0.1) is 0 Å². The summed E-state index contributed by atoms with van der Waals surface area (Å²) in [6.07, 6.45) is 0. The predicted octanol–water partition coefficient (Wildman–Crippen LogP) is 3.57. The number of carbonyl (C=O) groups excluding carboxylic acids is 1. The number of hydrogen-bond donors (Lipinski definition) is 0. The first-order chi connectivity index (χ1) is 7.88. The van der Waals surface area contributed by atoms with Gasteiger partial charge in [0.1, 0.15) is 6.61 Å². The molecule has 3 nitrogen and oxygen atoms in total. The zero-order valence-electron chi connectivity index (χ0n) is 9.92. The van der Waals surface area contributed by atoms with Crippen LogP contribution in [0.15, 0.2) is 18.2 Å². The number of ether oxygens (including phenoxy) is 2. The fraction of sp³-hybridized carbons (Fsp3) is 0.417. The smallest absolute Gasteiger partial charge is 0.314 e. The van der Waals surface area contributed by atoms with Gasteiger partial charge in [-0.25, -0.2) is 0 Å². The number of para-hydroxylation sites is 1. The van der Waals surface area contributed by atoms with Gasteiger partial charge in [0, 0.05) is 0 Å². The summed E-state index contributed by atoms with van der Waals surface area (Å²) in [6, 6.07) is 5.07. The van der Waals surface area contributed by atoms with Crippen LogP contribution in [-0.4, -0.2) is 19.7 Å². The summed E-state index contributed by atoms with van der Waals surface area (Å²) in [6.45, 7) is 3.59. The van der Waals surface area contributed by atoms with E-state index in [4.69, 9.17) is 27.9 Å². The summed E-state index contributed by atoms with van der Waals surface area (Å²) in [5, 5.41) is 0.830. The van der Waals surface area contributed by atoms with Crippen LogP contribution in [0, 0.1) is 5.41 Å². The summed E-state index contributed by atoms with van der Waals surface area (Å²) < 4.78 is 10.2. The highest BCUT2D eigenvalue weighted by Crippen LogP contribution is 2.33. The number of methoxy groups -OCH3 is 1. The molecular weight excluding hydrogens is 263 g/mol. The van der Waals surface area contributed by atoms with Crippen molar-refractivity contribution in [1.82, 2.24) is 0 Å². The molecule has 5 heteroatoms. The lowest BCUT2D eigenvalue weighted by molar-refractivity contribution is -0.152. The molecule has 0 atom stereocenters. The highest BCUT2D eigenvalue weighted by atomic mass is 35.5. The van der Waals surface area contributed by atoms with Crippen molar-refractivity contribution in [2.75, 3.05) is 13.7 Å². The SMILES string of the molecule is COC(=O)C(C)(C)COc1c(Cl)cccc1Cl. The third-order valence-corrected chi connectivity index (χ3v) is 2.83. The van der Waals surface area contributed by atoms with Gasteiger partial charge < -0.3 is 9.47 Å². The summed E-state index contributed by atoms with van der Waals surface area (Å²) in [7, 11) is 1.34. The highest BCUT2D eigenvalue weighted by molar-refractivity contribution is 6.37. The molecule has 0 aliphatic carbocycles. The molecule has 0 N–H and O–H groups in total. The van der Waals surface area contributed by atoms with Gasteiger partial charge in [0.2, 0.25) is 0 Å². The number of rotatable bonds is 4. The maximum absolute atomic E-state index is 11.5. The fourth-order valence-corrected chi connectivity index (χ4v) is 1.71. The molecule has 0 aliphatic heterocycles.